The fourth-order valence-electron chi connectivity index (χ4n) is 1.90. The van der Waals surface area contributed by atoms with Crippen LogP contribution < -0.4 is 0 Å². The first kappa shape index (κ1) is 12.6. The molecule has 2 aromatic heterocycles. The number of aryl methyl sites for hydroxylation is 1. The zero-order chi connectivity index (χ0) is 13.2. The molecule has 1 aromatic carbocycles. The van der Waals surface area contributed by atoms with Gasteiger partial charge in [0, 0.05) is 5.56 Å². The summed E-state index contributed by atoms with van der Waals surface area (Å²) in [6, 6.07) is 10.2. The first-order valence-corrected chi connectivity index (χ1v) is 7.91. The lowest BCUT2D eigenvalue weighted by atomic mass is 10.1. The molecule has 0 N–H and O–H groups in total. The van der Waals surface area contributed by atoms with Crippen LogP contribution in [0.1, 0.15) is 11.9 Å². The Kier molecular flexibility index (Phi) is 3.48. The van der Waals surface area contributed by atoms with E-state index in [-0.39, 0.29) is 0 Å². The third-order valence-electron chi connectivity index (χ3n) is 2.67. The predicted molar refractivity (Wildman–Crippen MR) is 81.8 cm³/mol. The first-order valence-electron chi connectivity index (χ1n) is 6.11. The van der Waals surface area contributed by atoms with Crippen LogP contribution in [-0.2, 0) is 0 Å². The van der Waals surface area contributed by atoms with E-state index in [1.54, 1.807) is 23.1 Å². The van der Waals surface area contributed by atoms with Crippen LogP contribution in [0, 0.1) is 6.92 Å². The second kappa shape index (κ2) is 5.27. The van der Waals surface area contributed by atoms with Crippen molar-refractivity contribution in [2.75, 3.05) is 5.75 Å². The Hall–Kier alpha value is -1.46. The van der Waals surface area contributed by atoms with Crippen molar-refractivity contribution >= 4 is 33.4 Å². The van der Waals surface area contributed by atoms with Crippen LogP contribution in [0.4, 0.5) is 0 Å². The lowest BCUT2D eigenvalue weighted by Crippen LogP contribution is -1.92. The number of thiazole rings is 1. The fourth-order valence-corrected chi connectivity index (χ4v) is 3.31. The van der Waals surface area contributed by atoms with Crippen molar-refractivity contribution in [1.29, 1.82) is 0 Å². The van der Waals surface area contributed by atoms with Crippen LogP contribution in [0.25, 0.3) is 21.6 Å². The molecule has 0 fully saturated rings. The van der Waals surface area contributed by atoms with Gasteiger partial charge in [0.25, 0.3) is 0 Å². The van der Waals surface area contributed by atoms with E-state index in [1.165, 1.54) is 0 Å². The summed E-state index contributed by atoms with van der Waals surface area (Å²) in [5.74, 6) is 0.970. The number of thioether (sulfide) groups is 1. The highest BCUT2D eigenvalue weighted by atomic mass is 32.2. The molecule has 5 heteroatoms. The maximum Gasteiger partial charge on any atom is 0.189 e. The summed E-state index contributed by atoms with van der Waals surface area (Å²) in [5.41, 5.74) is 2.94. The van der Waals surface area contributed by atoms with Gasteiger partial charge in [0.15, 0.2) is 5.16 Å². The van der Waals surface area contributed by atoms with Gasteiger partial charge in [-0.25, -0.2) is 15.0 Å². The van der Waals surface area contributed by atoms with E-state index < -0.39 is 0 Å². The summed E-state index contributed by atoms with van der Waals surface area (Å²) in [4.78, 5) is 14.8. The number of rotatable bonds is 3. The van der Waals surface area contributed by atoms with Crippen LogP contribution in [-0.4, -0.2) is 20.7 Å². The van der Waals surface area contributed by atoms with E-state index >= 15 is 0 Å². The number of fused-ring (bicyclic) bond motifs is 1. The van der Waals surface area contributed by atoms with Gasteiger partial charge in [-0.2, -0.15) is 0 Å². The van der Waals surface area contributed by atoms with E-state index in [0.717, 1.165) is 37.5 Å². The van der Waals surface area contributed by atoms with Crippen LogP contribution in [0.15, 0.2) is 35.5 Å². The summed E-state index contributed by atoms with van der Waals surface area (Å²) in [7, 11) is 0. The molecule has 0 saturated heterocycles. The largest absolute Gasteiger partial charge is 0.237 e. The van der Waals surface area contributed by atoms with E-state index in [1.807, 2.05) is 25.1 Å². The Morgan fingerprint density at radius 2 is 1.89 bits per heavy atom. The summed E-state index contributed by atoms with van der Waals surface area (Å²) in [6.07, 6.45) is 0. The highest BCUT2D eigenvalue weighted by Crippen LogP contribution is 2.30. The Balaban J connectivity index is 2.26. The van der Waals surface area contributed by atoms with Crippen molar-refractivity contribution in [2.45, 2.75) is 19.0 Å². The van der Waals surface area contributed by atoms with E-state index in [0.29, 0.717) is 0 Å². The monoisotopic (exact) mass is 287 g/mol. The van der Waals surface area contributed by atoms with Crippen LogP contribution in [0.2, 0.25) is 0 Å². The van der Waals surface area contributed by atoms with Gasteiger partial charge >= 0.3 is 0 Å². The van der Waals surface area contributed by atoms with Gasteiger partial charge < -0.3 is 0 Å². The topological polar surface area (TPSA) is 38.7 Å². The Labute approximate surface area is 120 Å². The minimum Gasteiger partial charge on any atom is -0.237 e. The molecule has 0 amide bonds. The standard InChI is InChI=1S/C14H13N3S2/c1-3-18-14-16-11(10-7-5-4-6-8-10)12-13(17-14)19-9(2)15-12/h4-8H,3H2,1-2H3. The highest BCUT2D eigenvalue weighted by molar-refractivity contribution is 7.99. The van der Waals surface area contributed by atoms with Crippen LogP contribution in [0.3, 0.4) is 0 Å². The van der Waals surface area contributed by atoms with E-state index in [2.05, 4.69) is 34.0 Å². The number of benzene rings is 1. The van der Waals surface area contributed by atoms with Gasteiger partial charge in [-0.1, -0.05) is 60.4 Å². The fraction of sp³-hybridized carbons (Fsp3) is 0.214. The number of nitrogens with zero attached hydrogens (tertiary/aromatic N) is 3. The molecule has 0 saturated carbocycles. The third kappa shape index (κ3) is 2.48. The van der Waals surface area contributed by atoms with Crippen molar-refractivity contribution in [3.63, 3.8) is 0 Å². The molecule has 0 bridgehead atoms. The molecule has 3 nitrogen and oxygen atoms in total. The molecule has 0 radical (unpaired) electrons. The van der Waals surface area contributed by atoms with Gasteiger partial charge in [0.2, 0.25) is 0 Å². The molecule has 0 unspecified atom stereocenters. The average Bonchev–Trinajstić information content (AvgIpc) is 2.79. The van der Waals surface area contributed by atoms with Crippen LogP contribution in [0.5, 0.6) is 0 Å². The minimum atomic E-state index is 0.831. The van der Waals surface area contributed by atoms with Crippen molar-refractivity contribution < 1.29 is 0 Å². The lowest BCUT2D eigenvalue weighted by molar-refractivity contribution is 1.01. The molecule has 96 valence electrons. The Bertz CT molecular complexity index is 707. The van der Waals surface area contributed by atoms with Gasteiger partial charge in [-0.3, -0.25) is 0 Å². The molecule has 19 heavy (non-hydrogen) atoms. The van der Waals surface area contributed by atoms with Crippen molar-refractivity contribution in [2.24, 2.45) is 0 Å². The zero-order valence-electron chi connectivity index (χ0n) is 10.8. The summed E-state index contributed by atoms with van der Waals surface area (Å²) < 4.78 is 0. The Morgan fingerprint density at radius 1 is 1.11 bits per heavy atom. The third-order valence-corrected chi connectivity index (χ3v) is 4.26. The van der Waals surface area contributed by atoms with E-state index in [9.17, 15) is 0 Å². The first-order chi connectivity index (χ1) is 9.28. The molecule has 0 aliphatic rings. The summed E-state index contributed by atoms with van der Waals surface area (Å²) >= 11 is 3.29. The van der Waals surface area contributed by atoms with Crippen molar-refractivity contribution in [3.05, 3.63) is 35.3 Å². The molecular weight excluding hydrogens is 274 g/mol. The van der Waals surface area contributed by atoms with Gasteiger partial charge in [0.05, 0.1) is 5.01 Å². The number of aromatic nitrogens is 3. The smallest absolute Gasteiger partial charge is 0.189 e. The molecule has 0 spiro atoms. The second-order valence-corrected chi connectivity index (χ2v) is 6.45. The zero-order valence-corrected chi connectivity index (χ0v) is 12.4. The number of hydrogen-bond acceptors (Lipinski definition) is 5. The van der Waals surface area contributed by atoms with Gasteiger partial charge in [0.1, 0.15) is 16.0 Å². The van der Waals surface area contributed by atoms with E-state index in [4.69, 9.17) is 0 Å². The summed E-state index contributed by atoms with van der Waals surface area (Å²) in [5, 5.41) is 1.86. The average molecular weight is 287 g/mol. The lowest BCUT2D eigenvalue weighted by Gasteiger charge is -2.04. The predicted octanol–water partition coefficient (Wildman–Crippen LogP) is 4.17. The normalized spacial score (nSPS) is 11.1. The molecule has 0 atom stereocenters. The van der Waals surface area contributed by atoms with Gasteiger partial charge in [-0.15, -0.1) is 0 Å². The molecule has 0 aliphatic carbocycles. The van der Waals surface area contributed by atoms with Crippen molar-refractivity contribution in [3.8, 4) is 11.3 Å². The molecular formula is C14H13N3S2. The van der Waals surface area contributed by atoms with Crippen LogP contribution >= 0.6 is 23.1 Å². The molecule has 3 rings (SSSR count). The highest BCUT2D eigenvalue weighted by Gasteiger charge is 2.13. The minimum absolute atomic E-state index is 0.831. The second-order valence-electron chi connectivity index (χ2n) is 4.04. The number of hydrogen-bond donors (Lipinski definition) is 0. The van der Waals surface area contributed by atoms with Crippen molar-refractivity contribution in [1.82, 2.24) is 15.0 Å². The maximum absolute atomic E-state index is 4.67. The SMILES string of the molecule is CCSc1nc(-c2ccccc2)c2nc(C)sc2n1. The maximum atomic E-state index is 4.67. The molecule has 0 aliphatic heterocycles. The van der Waals surface area contributed by atoms with Gasteiger partial charge in [-0.05, 0) is 12.7 Å². The quantitative estimate of drug-likeness (QED) is 0.535. The Morgan fingerprint density at radius 3 is 2.63 bits per heavy atom. The molecule has 3 aromatic rings. The molecule has 2 heterocycles. The summed E-state index contributed by atoms with van der Waals surface area (Å²) in [6.45, 7) is 4.12.